The van der Waals surface area contributed by atoms with Gasteiger partial charge in [-0.15, -0.1) is 0 Å². The molecule has 188 valence electrons. The Kier molecular flexibility index (Phi) is 7.79. The minimum Gasteiger partial charge on any atom is -0.508 e. The number of nitrogens with zero attached hydrogens (tertiary/aromatic N) is 1. The minimum atomic E-state index is -0.958. The topological polar surface area (TPSA) is 87.1 Å². The Morgan fingerprint density at radius 2 is 2.03 bits per heavy atom. The van der Waals surface area contributed by atoms with Gasteiger partial charge in [-0.2, -0.15) is 0 Å². The first kappa shape index (κ1) is 26.0. The van der Waals surface area contributed by atoms with Crippen LogP contribution in [0, 0.1) is 23.7 Å². The maximum Gasteiger partial charge on any atom is 0.455 e. The van der Waals surface area contributed by atoms with E-state index in [1.807, 2.05) is 19.9 Å². The van der Waals surface area contributed by atoms with Gasteiger partial charge in [0.2, 0.25) is 11.8 Å². The average molecular weight is 500 g/mol. The van der Waals surface area contributed by atoms with Crippen LogP contribution in [-0.4, -0.2) is 46.6 Å². The molecule has 2 amide bonds. The Morgan fingerprint density at radius 3 is 2.69 bits per heavy atom. The van der Waals surface area contributed by atoms with E-state index in [0.717, 1.165) is 29.6 Å². The number of carbonyl (C=O) groups is 2. The van der Waals surface area contributed by atoms with Gasteiger partial charge in [-0.1, -0.05) is 49.6 Å². The van der Waals surface area contributed by atoms with Crippen molar-refractivity contribution in [2.75, 3.05) is 6.54 Å². The zero-order chi connectivity index (χ0) is 25.4. The van der Waals surface area contributed by atoms with Crippen molar-refractivity contribution in [3.8, 4) is 5.75 Å². The van der Waals surface area contributed by atoms with Crippen molar-refractivity contribution in [1.82, 2.24) is 4.90 Å². The van der Waals surface area contributed by atoms with Gasteiger partial charge in [0.25, 0.3) is 0 Å². The highest BCUT2D eigenvalue weighted by Crippen LogP contribution is 2.52. The van der Waals surface area contributed by atoms with Crippen LogP contribution in [0.1, 0.15) is 58.9 Å². The van der Waals surface area contributed by atoms with Crippen LogP contribution in [0.15, 0.2) is 34.9 Å². The zero-order valence-corrected chi connectivity index (χ0v) is 21.7. The van der Waals surface area contributed by atoms with Gasteiger partial charge in [0.1, 0.15) is 5.75 Å². The van der Waals surface area contributed by atoms with Gasteiger partial charge in [0.15, 0.2) is 0 Å². The molecule has 4 rings (SSSR count). The molecule has 2 N–H and O–H groups in total. The third kappa shape index (κ3) is 5.09. The Labute approximate surface area is 213 Å². The molecule has 0 bridgehead atoms. The number of fused-ring (bicyclic) bond motifs is 3. The molecule has 0 saturated carbocycles. The number of benzene rings is 1. The molecule has 2 fully saturated rings. The molecular weight excluding hydrogens is 465 g/mol. The van der Waals surface area contributed by atoms with Crippen LogP contribution < -0.4 is 0 Å². The summed E-state index contributed by atoms with van der Waals surface area (Å²) in [7, 11) is -0.958. The van der Waals surface area contributed by atoms with Gasteiger partial charge in [0, 0.05) is 6.54 Å². The van der Waals surface area contributed by atoms with E-state index in [0.29, 0.717) is 30.7 Å². The van der Waals surface area contributed by atoms with Gasteiger partial charge in [-0.25, -0.2) is 0 Å². The van der Waals surface area contributed by atoms with Crippen molar-refractivity contribution in [1.29, 1.82) is 0 Å². The standard InChI is InChI=1S/C27H35BClNO5/c1-5-10-30-26(32)20-13-19(15(2)3)24-21(25(20)27(30)33)14-28(34)35-23(24)9-6-16(4)11-17-7-8-18(31)12-22(17)29/h7-8,11-12,15,20-21,23,25,31,34H,5-6,9-10,13-14H2,1-4H3/b16-11+/t20-,21+,23-,25-/m1/s1. The summed E-state index contributed by atoms with van der Waals surface area (Å²) in [5.41, 5.74) is 4.26. The second-order valence-electron chi connectivity index (χ2n) is 10.5. The summed E-state index contributed by atoms with van der Waals surface area (Å²) < 4.78 is 6.06. The minimum absolute atomic E-state index is 0.0545. The largest absolute Gasteiger partial charge is 0.508 e. The van der Waals surface area contributed by atoms with E-state index in [9.17, 15) is 19.7 Å². The molecule has 2 aliphatic heterocycles. The number of allylic oxidation sites excluding steroid dienone is 2. The van der Waals surface area contributed by atoms with Crippen molar-refractivity contribution in [3.63, 3.8) is 0 Å². The lowest BCUT2D eigenvalue weighted by atomic mass is 9.57. The fraction of sp³-hybridized carbons (Fsp3) is 0.556. The van der Waals surface area contributed by atoms with E-state index in [-0.39, 0.29) is 41.4 Å². The molecule has 0 unspecified atom stereocenters. The Balaban J connectivity index is 1.61. The highest BCUT2D eigenvalue weighted by molar-refractivity contribution is 6.43. The van der Waals surface area contributed by atoms with Gasteiger partial charge in [-0.05, 0) is 80.1 Å². The van der Waals surface area contributed by atoms with E-state index < -0.39 is 13.0 Å². The predicted octanol–water partition coefficient (Wildman–Crippen LogP) is 5.09. The van der Waals surface area contributed by atoms with Crippen LogP contribution in [-0.2, 0) is 14.2 Å². The number of hydrogen-bond donors (Lipinski definition) is 2. The summed E-state index contributed by atoms with van der Waals surface area (Å²) in [6, 6.07) is 4.91. The molecular formula is C27H35BClNO5. The van der Waals surface area contributed by atoms with E-state index in [4.69, 9.17) is 16.3 Å². The highest BCUT2D eigenvalue weighted by Gasteiger charge is 2.57. The Hall–Kier alpha value is -2.09. The van der Waals surface area contributed by atoms with Gasteiger partial charge in [0.05, 0.1) is 23.0 Å². The van der Waals surface area contributed by atoms with Crippen molar-refractivity contribution < 1.29 is 24.4 Å². The normalized spacial score (nSPS) is 27.1. The summed E-state index contributed by atoms with van der Waals surface area (Å²) in [5, 5.41) is 20.7. The number of halogens is 1. The molecule has 4 atom stereocenters. The van der Waals surface area contributed by atoms with Crippen molar-refractivity contribution in [3.05, 3.63) is 45.5 Å². The van der Waals surface area contributed by atoms with E-state index in [1.54, 1.807) is 12.1 Å². The first-order chi connectivity index (χ1) is 16.6. The Morgan fingerprint density at radius 1 is 1.29 bits per heavy atom. The molecule has 8 heteroatoms. The Bertz CT molecular complexity index is 1070. The number of hydrogen-bond acceptors (Lipinski definition) is 5. The summed E-state index contributed by atoms with van der Waals surface area (Å²) in [4.78, 5) is 27.9. The molecule has 3 aliphatic rings. The first-order valence-electron chi connectivity index (χ1n) is 12.7. The van der Waals surface area contributed by atoms with Crippen LogP contribution in [0.2, 0.25) is 11.3 Å². The van der Waals surface area contributed by atoms with E-state index in [1.165, 1.54) is 16.5 Å². The van der Waals surface area contributed by atoms with Gasteiger partial charge in [-0.3, -0.25) is 14.5 Å². The van der Waals surface area contributed by atoms with Gasteiger partial charge < -0.3 is 14.8 Å². The second-order valence-corrected chi connectivity index (χ2v) is 10.9. The molecule has 2 saturated heterocycles. The fourth-order valence-electron chi connectivity index (χ4n) is 6.09. The van der Waals surface area contributed by atoms with E-state index in [2.05, 4.69) is 13.8 Å². The van der Waals surface area contributed by atoms with Crippen LogP contribution in [0.5, 0.6) is 5.75 Å². The number of phenols is 1. The third-order valence-corrected chi connectivity index (χ3v) is 7.99. The second kappa shape index (κ2) is 10.5. The summed E-state index contributed by atoms with van der Waals surface area (Å²) in [5.74, 6) is -0.690. The third-order valence-electron chi connectivity index (χ3n) is 7.67. The number of phenolic OH excluding ortho intramolecular Hbond substituents is 1. The van der Waals surface area contributed by atoms with Crippen LogP contribution in [0.3, 0.4) is 0 Å². The molecule has 0 spiro atoms. The SMILES string of the molecule is CCCN1C(=O)[C@@H]2[C@@H](CC(C(C)C)=C3[C@@H](CC/C(C)=C/c4ccc(O)cc4Cl)OB(O)C[C@@H]32)C1=O. The maximum atomic E-state index is 13.3. The van der Waals surface area contributed by atoms with Crippen LogP contribution in [0.4, 0.5) is 0 Å². The van der Waals surface area contributed by atoms with Crippen molar-refractivity contribution in [2.45, 2.75) is 65.8 Å². The molecule has 1 aromatic rings. The molecule has 0 aromatic heterocycles. The molecule has 0 radical (unpaired) electrons. The molecule has 1 aromatic carbocycles. The number of amides is 2. The quantitative estimate of drug-likeness (QED) is 0.310. The number of likely N-dealkylation sites (tertiary alicyclic amines) is 1. The predicted molar refractivity (Wildman–Crippen MR) is 138 cm³/mol. The monoisotopic (exact) mass is 499 g/mol. The van der Waals surface area contributed by atoms with Crippen LogP contribution >= 0.6 is 11.6 Å². The first-order valence-corrected chi connectivity index (χ1v) is 13.1. The van der Waals surface area contributed by atoms with Crippen molar-refractivity contribution >= 4 is 36.6 Å². The van der Waals surface area contributed by atoms with Crippen LogP contribution in [0.25, 0.3) is 6.08 Å². The average Bonchev–Trinajstić information content (AvgIpc) is 3.03. The number of rotatable bonds is 7. The zero-order valence-electron chi connectivity index (χ0n) is 21.0. The summed E-state index contributed by atoms with van der Waals surface area (Å²) in [6.45, 7) is 8.71. The van der Waals surface area contributed by atoms with Crippen molar-refractivity contribution in [2.24, 2.45) is 23.7 Å². The fourth-order valence-corrected chi connectivity index (χ4v) is 6.32. The molecule has 1 aliphatic carbocycles. The lowest BCUT2D eigenvalue weighted by Crippen LogP contribution is -2.46. The van der Waals surface area contributed by atoms with Gasteiger partial charge >= 0.3 is 7.12 Å². The highest BCUT2D eigenvalue weighted by atomic mass is 35.5. The molecule has 2 heterocycles. The smallest absolute Gasteiger partial charge is 0.455 e. The number of carbonyl (C=O) groups excluding carboxylic acids is 2. The molecule has 6 nitrogen and oxygen atoms in total. The lowest BCUT2D eigenvalue weighted by molar-refractivity contribution is -0.140. The maximum absolute atomic E-state index is 13.3. The summed E-state index contributed by atoms with van der Waals surface area (Å²) >= 11 is 6.26. The number of aromatic hydroxyl groups is 1. The summed E-state index contributed by atoms with van der Waals surface area (Å²) in [6.07, 6.45) is 4.75. The van der Waals surface area contributed by atoms with E-state index >= 15 is 0 Å². The molecule has 35 heavy (non-hydrogen) atoms. The number of imide groups is 1. The lowest BCUT2D eigenvalue weighted by Gasteiger charge is -2.44.